The van der Waals surface area contributed by atoms with Crippen molar-refractivity contribution in [2.45, 2.75) is 51.1 Å². The first-order chi connectivity index (χ1) is 14.6. The number of amides is 3. The van der Waals surface area contributed by atoms with E-state index in [1.807, 2.05) is 13.8 Å². The molecule has 3 rings (SSSR count). The predicted octanol–water partition coefficient (Wildman–Crippen LogP) is 1.97. The summed E-state index contributed by atoms with van der Waals surface area (Å²) in [6, 6.07) is 3.67. The molecular weight excluding hydrogens is 425 g/mol. The van der Waals surface area contributed by atoms with E-state index in [-0.39, 0.29) is 41.2 Å². The van der Waals surface area contributed by atoms with Crippen LogP contribution in [0.4, 0.5) is 10.1 Å². The molecule has 168 valence electrons. The molecular formula is C21H27ClFN5O3. The van der Waals surface area contributed by atoms with E-state index in [0.29, 0.717) is 31.4 Å². The lowest BCUT2D eigenvalue weighted by atomic mass is 9.69. The average molecular weight is 452 g/mol. The lowest BCUT2D eigenvalue weighted by Gasteiger charge is -2.39. The zero-order valence-corrected chi connectivity index (χ0v) is 18.3. The first-order valence-electron chi connectivity index (χ1n) is 10.3. The number of nitrogens with two attached hydrogens (primary N) is 1. The molecule has 1 fully saturated rings. The van der Waals surface area contributed by atoms with Gasteiger partial charge in [-0.2, -0.15) is 0 Å². The maximum absolute atomic E-state index is 13.2. The number of rotatable bonds is 6. The molecule has 1 heterocycles. The van der Waals surface area contributed by atoms with Gasteiger partial charge >= 0.3 is 0 Å². The second-order valence-corrected chi connectivity index (χ2v) is 8.71. The fraction of sp³-hybridized carbons (Fsp3) is 0.524. The van der Waals surface area contributed by atoms with Crippen molar-refractivity contribution >= 4 is 40.7 Å². The Kier molecular flexibility index (Phi) is 6.96. The van der Waals surface area contributed by atoms with Gasteiger partial charge < -0.3 is 16.4 Å². The van der Waals surface area contributed by atoms with Gasteiger partial charge in [-0.15, -0.1) is 0 Å². The molecule has 10 heteroatoms. The molecule has 0 bridgehead atoms. The topological polar surface area (TPSA) is 126 Å². The van der Waals surface area contributed by atoms with Crippen LogP contribution in [0.2, 0.25) is 5.02 Å². The number of nitrogens with zero attached hydrogens (tertiary/aromatic N) is 1. The van der Waals surface area contributed by atoms with E-state index in [0.717, 1.165) is 6.07 Å². The predicted molar refractivity (Wildman–Crippen MR) is 116 cm³/mol. The van der Waals surface area contributed by atoms with Crippen LogP contribution in [-0.2, 0) is 14.4 Å². The highest BCUT2D eigenvalue weighted by Gasteiger charge is 2.54. The molecule has 5 N–H and O–H groups in total. The van der Waals surface area contributed by atoms with Crippen molar-refractivity contribution in [1.29, 1.82) is 0 Å². The first-order valence-corrected chi connectivity index (χ1v) is 10.7. The van der Waals surface area contributed by atoms with Crippen molar-refractivity contribution in [3.8, 4) is 0 Å². The number of hydrogen-bond donors (Lipinski definition) is 4. The minimum Gasteiger partial charge on any atom is -0.368 e. The summed E-state index contributed by atoms with van der Waals surface area (Å²) in [5, 5.41) is 8.69. The normalized spacial score (nSPS) is 25.8. The summed E-state index contributed by atoms with van der Waals surface area (Å²) in [5.74, 6) is -2.32. The summed E-state index contributed by atoms with van der Waals surface area (Å²) >= 11 is 5.99. The van der Waals surface area contributed by atoms with E-state index in [2.05, 4.69) is 20.9 Å². The molecule has 0 spiro atoms. The molecule has 1 aromatic rings. The summed E-state index contributed by atoms with van der Waals surface area (Å²) < 4.78 is 13.2. The van der Waals surface area contributed by atoms with E-state index >= 15 is 0 Å². The Balaban J connectivity index is 1.69. The van der Waals surface area contributed by atoms with Gasteiger partial charge in [-0.3, -0.25) is 24.7 Å². The number of anilines is 1. The van der Waals surface area contributed by atoms with Crippen LogP contribution in [0.15, 0.2) is 23.2 Å². The summed E-state index contributed by atoms with van der Waals surface area (Å²) in [5.41, 5.74) is 4.87. The van der Waals surface area contributed by atoms with E-state index in [9.17, 15) is 18.8 Å². The Morgan fingerprint density at radius 1 is 1.26 bits per heavy atom. The third-order valence-corrected chi connectivity index (χ3v) is 6.20. The van der Waals surface area contributed by atoms with E-state index < -0.39 is 23.2 Å². The highest BCUT2D eigenvalue weighted by Crippen LogP contribution is 2.38. The summed E-state index contributed by atoms with van der Waals surface area (Å²) in [7, 11) is 0. The monoisotopic (exact) mass is 451 g/mol. The number of hydrogen-bond acceptors (Lipinski definition) is 5. The number of carbonyl (C=O) groups excluding carboxylic acids is 3. The van der Waals surface area contributed by atoms with Crippen molar-refractivity contribution in [2.24, 2.45) is 22.6 Å². The number of nitrogens with one attached hydrogen (secondary N) is 3. The number of carbonyl (C=O) groups is 3. The zero-order valence-electron chi connectivity index (χ0n) is 17.5. The Labute approximate surface area is 185 Å². The Morgan fingerprint density at radius 3 is 2.52 bits per heavy atom. The molecule has 31 heavy (non-hydrogen) atoms. The van der Waals surface area contributed by atoms with E-state index in [4.69, 9.17) is 17.3 Å². The molecule has 1 saturated carbocycles. The summed E-state index contributed by atoms with van der Waals surface area (Å²) in [6.07, 6.45) is 2.04. The van der Waals surface area contributed by atoms with Gasteiger partial charge in [-0.1, -0.05) is 11.6 Å². The Morgan fingerprint density at radius 2 is 1.94 bits per heavy atom. The molecule has 1 aromatic carbocycles. The van der Waals surface area contributed by atoms with Crippen molar-refractivity contribution in [2.75, 3.05) is 12.0 Å². The second-order valence-electron chi connectivity index (χ2n) is 8.30. The van der Waals surface area contributed by atoms with Crippen molar-refractivity contribution in [1.82, 2.24) is 10.6 Å². The molecule has 1 aliphatic heterocycles. The standard InChI is InChI=1S/C21H27ClFN5O3/c1-11(2)27-19(30)17-21(20(24)31,26-10-25-17)13-5-3-12(4-6-13)18(29)28-16-8-7-14(23)9-15(16)22/h7-9,11-13,26H,3-6,10H2,1-2H3,(H2,24,31)(H,27,30)(H,28,29). The lowest BCUT2D eigenvalue weighted by molar-refractivity contribution is -0.126. The van der Waals surface area contributed by atoms with Crippen LogP contribution in [0, 0.1) is 17.7 Å². The average Bonchev–Trinajstić information content (AvgIpc) is 3.16. The fourth-order valence-corrected chi connectivity index (χ4v) is 4.60. The van der Waals surface area contributed by atoms with Gasteiger partial charge in [0.2, 0.25) is 11.8 Å². The number of halogens is 2. The summed E-state index contributed by atoms with van der Waals surface area (Å²) in [6.45, 7) is 3.78. The molecule has 0 aromatic heterocycles. The second kappa shape index (κ2) is 9.32. The maximum atomic E-state index is 13.2. The SMILES string of the molecule is CC(C)NC(=O)C1=NCNC1(C(N)=O)C1CCC(C(=O)Nc2ccc(F)cc2Cl)CC1. The number of primary amides is 1. The van der Waals surface area contributed by atoms with Crippen LogP contribution in [0.1, 0.15) is 39.5 Å². The molecule has 8 nitrogen and oxygen atoms in total. The molecule has 1 atom stereocenters. The van der Waals surface area contributed by atoms with Crippen molar-refractivity contribution < 1.29 is 18.8 Å². The van der Waals surface area contributed by atoms with Gasteiger partial charge in [0, 0.05) is 12.0 Å². The van der Waals surface area contributed by atoms with E-state index in [1.54, 1.807) is 0 Å². The molecule has 2 aliphatic rings. The minimum absolute atomic E-state index is 0.111. The molecule has 0 radical (unpaired) electrons. The quantitative estimate of drug-likeness (QED) is 0.527. The van der Waals surface area contributed by atoms with Gasteiger partial charge in [0.15, 0.2) is 0 Å². The molecule has 1 aliphatic carbocycles. The lowest BCUT2D eigenvalue weighted by Crippen LogP contribution is -2.66. The Bertz CT molecular complexity index is 914. The third-order valence-electron chi connectivity index (χ3n) is 5.89. The largest absolute Gasteiger partial charge is 0.368 e. The van der Waals surface area contributed by atoms with Gasteiger partial charge in [0.1, 0.15) is 17.1 Å². The van der Waals surface area contributed by atoms with Gasteiger partial charge in [0.25, 0.3) is 5.91 Å². The Hall–Kier alpha value is -2.52. The number of benzene rings is 1. The number of aliphatic imine (C=N–C) groups is 1. The van der Waals surface area contributed by atoms with Gasteiger partial charge in [0.05, 0.1) is 17.4 Å². The fourth-order valence-electron chi connectivity index (χ4n) is 4.39. The smallest absolute Gasteiger partial charge is 0.267 e. The minimum atomic E-state index is -1.35. The molecule has 3 amide bonds. The van der Waals surface area contributed by atoms with Crippen molar-refractivity contribution in [3.63, 3.8) is 0 Å². The van der Waals surface area contributed by atoms with Crippen molar-refractivity contribution in [3.05, 3.63) is 29.0 Å². The molecule has 0 saturated heterocycles. The zero-order chi connectivity index (χ0) is 22.8. The first kappa shape index (κ1) is 23.1. The highest BCUT2D eigenvalue weighted by atomic mass is 35.5. The van der Waals surface area contributed by atoms with Crippen LogP contribution >= 0.6 is 11.6 Å². The highest BCUT2D eigenvalue weighted by molar-refractivity contribution is 6.47. The van der Waals surface area contributed by atoms with Crippen LogP contribution in [0.3, 0.4) is 0 Å². The molecule has 1 unspecified atom stereocenters. The third kappa shape index (κ3) is 4.72. The summed E-state index contributed by atoms with van der Waals surface area (Å²) in [4.78, 5) is 42.1. The van der Waals surface area contributed by atoms with Crippen LogP contribution in [0.5, 0.6) is 0 Å². The van der Waals surface area contributed by atoms with Gasteiger partial charge in [-0.25, -0.2) is 4.39 Å². The van der Waals surface area contributed by atoms with Crippen LogP contribution in [-0.4, -0.2) is 41.7 Å². The van der Waals surface area contributed by atoms with Gasteiger partial charge in [-0.05, 0) is 63.6 Å². The van der Waals surface area contributed by atoms with Crippen LogP contribution in [0.25, 0.3) is 0 Å². The maximum Gasteiger partial charge on any atom is 0.267 e. The van der Waals surface area contributed by atoms with Crippen LogP contribution < -0.4 is 21.7 Å². The van der Waals surface area contributed by atoms with E-state index in [1.165, 1.54) is 12.1 Å².